The van der Waals surface area contributed by atoms with Crippen LogP contribution < -0.4 is 0 Å². The minimum Gasteiger partial charge on any atom is -0.0651 e. The molecule has 0 aromatic heterocycles. The minimum atomic E-state index is 0.556. The van der Waals surface area contributed by atoms with E-state index in [1.54, 1.807) is 0 Å². The molecule has 0 saturated heterocycles. The van der Waals surface area contributed by atoms with Gasteiger partial charge >= 0.3 is 0 Å². The summed E-state index contributed by atoms with van der Waals surface area (Å²) in [7, 11) is 0. The zero-order chi connectivity index (χ0) is 6.57. The zero-order valence-electron chi connectivity index (χ0n) is 5.98. The van der Waals surface area contributed by atoms with E-state index in [0.717, 1.165) is 12.8 Å². The monoisotopic (exact) mass is 112 g/mol. The lowest BCUT2D eigenvalue weighted by atomic mass is 9.92. The Morgan fingerprint density at radius 1 is 1.00 bits per heavy atom. The summed E-state index contributed by atoms with van der Waals surface area (Å²) in [6.45, 7) is 12.2. The lowest BCUT2D eigenvalue weighted by Crippen LogP contribution is -2.05. The molecular formula is C8H16. The van der Waals surface area contributed by atoms with Gasteiger partial charge in [-0.3, -0.25) is 0 Å². The Morgan fingerprint density at radius 3 is 1.38 bits per heavy atom. The van der Waals surface area contributed by atoms with E-state index >= 15 is 0 Å². The highest BCUT2D eigenvalue weighted by molar-refractivity contribution is 4.70. The normalized spacial score (nSPS) is 18.0. The predicted molar refractivity (Wildman–Crippen MR) is 38.3 cm³/mol. The van der Waals surface area contributed by atoms with Crippen LogP contribution in [0.2, 0.25) is 0 Å². The SMILES string of the molecule is [CH2]C(CC)C([CH2])CC. The smallest absolute Gasteiger partial charge is 0.0388 e. The molecule has 0 spiro atoms. The van der Waals surface area contributed by atoms with Gasteiger partial charge in [-0.05, 0) is 25.7 Å². The van der Waals surface area contributed by atoms with Crippen LogP contribution in [0.5, 0.6) is 0 Å². The van der Waals surface area contributed by atoms with Gasteiger partial charge in [0.1, 0.15) is 0 Å². The molecule has 0 saturated carbocycles. The third-order valence-electron chi connectivity index (χ3n) is 1.72. The van der Waals surface area contributed by atoms with Crippen molar-refractivity contribution in [2.45, 2.75) is 26.7 Å². The molecule has 0 aromatic rings. The molecule has 0 rings (SSSR count). The molecule has 0 aliphatic carbocycles. The van der Waals surface area contributed by atoms with Crippen molar-refractivity contribution in [2.75, 3.05) is 0 Å². The summed E-state index contributed by atoms with van der Waals surface area (Å²) in [4.78, 5) is 0. The Hall–Kier alpha value is 0. The van der Waals surface area contributed by atoms with Crippen LogP contribution in [0, 0.1) is 25.7 Å². The zero-order valence-corrected chi connectivity index (χ0v) is 5.98. The average Bonchev–Trinajstić information content (AvgIpc) is 1.84. The highest BCUT2D eigenvalue weighted by atomic mass is 14.1. The van der Waals surface area contributed by atoms with Crippen molar-refractivity contribution in [3.05, 3.63) is 13.8 Å². The molecule has 2 radical (unpaired) electrons. The van der Waals surface area contributed by atoms with E-state index in [4.69, 9.17) is 0 Å². The highest BCUT2D eigenvalue weighted by Crippen LogP contribution is 2.15. The average molecular weight is 112 g/mol. The number of hydrogen-bond donors (Lipinski definition) is 0. The molecule has 2 unspecified atom stereocenters. The third-order valence-corrected chi connectivity index (χ3v) is 1.72. The van der Waals surface area contributed by atoms with Crippen molar-refractivity contribution in [2.24, 2.45) is 11.8 Å². The Bertz CT molecular complexity index is 40.0. The Labute approximate surface area is 53.3 Å². The van der Waals surface area contributed by atoms with E-state index in [1.807, 2.05) is 0 Å². The van der Waals surface area contributed by atoms with Crippen LogP contribution in [-0.2, 0) is 0 Å². The minimum absolute atomic E-state index is 0.556. The topological polar surface area (TPSA) is 0 Å². The van der Waals surface area contributed by atoms with Crippen molar-refractivity contribution in [3.8, 4) is 0 Å². The summed E-state index contributed by atoms with van der Waals surface area (Å²) in [5.41, 5.74) is 0. The van der Waals surface area contributed by atoms with Gasteiger partial charge < -0.3 is 0 Å². The largest absolute Gasteiger partial charge is 0.0651 e. The molecular weight excluding hydrogens is 96.1 g/mol. The Morgan fingerprint density at radius 2 is 1.25 bits per heavy atom. The molecule has 0 N–H and O–H groups in total. The van der Waals surface area contributed by atoms with Crippen LogP contribution in [0.25, 0.3) is 0 Å². The van der Waals surface area contributed by atoms with Crippen molar-refractivity contribution in [1.82, 2.24) is 0 Å². The lowest BCUT2D eigenvalue weighted by Gasteiger charge is -2.14. The summed E-state index contributed by atoms with van der Waals surface area (Å²) in [5, 5.41) is 0. The van der Waals surface area contributed by atoms with E-state index in [9.17, 15) is 0 Å². The Balaban J connectivity index is 3.29. The van der Waals surface area contributed by atoms with Crippen molar-refractivity contribution in [1.29, 1.82) is 0 Å². The summed E-state index contributed by atoms with van der Waals surface area (Å²) in [6.07, 6.45) is 2.31. The van der Waals surface area contributed by atoms with Gasteiger partial charge in [0, 0.05) is 0 Å². The molecule has 0 heteroatoms. The van der Waals surface area contributed by atoms with Gasteiger partial charge in [-0.15, -0.1) is 0 Å². The van der Waals surface area contributed by atoms with Crippen LogP contribution >= 0.6 is 0 Å². The quantitative estimate of drug-likeness (QED) is 0.526. The first kappa shape index (κ1) is 8.00. The lowest BCUT2D eigenvalue weighted by molar-refractivity contribution is 0.443. The summed E-state index contributed by atoms with van der Waals surface area (Å²) in [5.74, 6) is 1.11. The van der Waals surface area contributed by atoms with Gasteiger partial charge in [0.2, 0.25) is 0 Å². The second-order valence-corrected chi connectivity index (χ2v) is 2.34. The van der Waals surface area contributed by atoms with Crippen molar-refractivity contribution >= 4 is 0 Å². The van der Waals surface area contributed by atoms with E-state index in [-0.39, 0.29) is 0 Å². The molecule has 2 atom stereocenters. The van der Waals surface area contributed by atoms with Gasteiger partial charge in [0.15, 0.2) is 0 Å². The van der Waals surface area contributed by atoms with Gasteiger partial charge in [0.05, 0.1) is 0 Å². The predicted octanol–water partition coefficient (Wildman–Crippen LogP) is 2.71. The fraction of sp³-hybridized carbons (Fsp3) is 0.750. The van der Waals surface area contributed by atoms with Crippen molar-refractivity contribution in [3.63, 3.8) is 0 Å². The highest BCUT2D eigenvalue weighted by Gasteiger charge is 2.05. The summed E-state index contributed by atoms with van der Waals surface area (Å²) < 4.78 is 0. The number of rotatable bonds is 3. The van der Waals surface area contributed by atoms with Crippen molar-refractivity contribution < 1.29 is 0 Å². The van der Waals surface area contributed by atoms with E-state index < -0.39 is 0 Å². The maximum absolute atomic E-state index is 3.96. The van der Waals surface area contributed by atoms with E-state index in [0.29, 0.717) is 11.8 Å². The number of hydrogen-bond acceptors (Lipinski definition) is 0. The molecule has 48 valence electrons. The molecule has 0 nitrogen and oxygen atoms in total. The standard InChI is InChI=1S/C8H16/c1-5-7(3)8(4)6-2/h7-8H,3-6H2,1-2H3. The van der Waals surface area contributed by atoms with Gasteiger partial charge in [-0.1, -0.05) is 26.7 Å². The maximum atomic E-state index is 3.96. The molecule has 0 fully saturated rings. The molecule has 0 amide bonds. The molecule has 0 aliphatic heterocycles. The van der Waals surface area contributed by atoms with Crippen LogP contribution in [0.4, 0.5) is 0 Å². The first-order valence-electron chi connectivity index (χ1n) is 3.38. The summed E-state index contributed by atoms with van der Waals surface area (Å²) >= 11 is 0. The molecule has 0 bridgehead atoms. The van der Waals surface area contributed by atoms with Crippen LogP contribution in [0.1, 0.15) is 26.7 Å². The molecule has 0 heterocycles. The van der Waals surface area contributed by atoms with Gasteiger partial charge in [0.25, 0.3) is 0 Å². The fourth-order valence-corrected chi connectivity index (χ4v) is 0.667. The van der Waals surface area contributed by atoms with Crippen LogP contribution in [0.3, 0.4) is 0 Å². The first-order valence-corrected chi connectivity index (χ1v) is 3.38. The first-order chi connectivity index (χ1) is 3.72. The van der Waals surface area contributed by atoms with Crippen LogP contribution in [0.15, 0.2) is 0 Å². The second-order valence-electron chi connectivity index (χ2n) is 2.34. The third kappa shape index (κ3) is 2.34. The van der Waals surface area contributed by atoms with E-state index in [2.05, 4.69) is 27.7 Å². The molecule has 8 heavy (non-hydrogen) atoms. The van der Waals surface area contributed by atoms with Gasteiger partial charge in [-0.2, -0.15) is 0 Å². The summed E-state index contributed by atoms with van der Waals surface area (Å²) in [6, 6.07) is 0. The van der Waals surface area contributed by atoms with E-state index in [1.165, 1.54) is 0 Å². The second kappa shape index (κ2) is 3.94. The molecule has 0 aliphatic rings. The van der Waals surface area contributed by atoms with Gasteiger partial charge in [-0.25, -0.2) is 0 Å². The molecule has 0 aromatic carbocycles. The maximum Gasteiger partial charge on any atom is -0.0388 e. The Kier molecular flexibility index (Phi) is 3.94. The fourth-order valence-electron chi connectivity index (χ4n) is 0.667. The van der Waals surface area contributed by atoms with Crippen LogP contribution in [-0.4, -0.2) is 0 Å².